The lowest BCUT2D eigenvalue weighted by molar-refractivity contribution is -0.179. The van der Waals surface area contributed by atoms with Crippen LogP contribution in [-0.2, 0) is 23.9 Å². The molecule has 242 valence electrons. The number of hydrogen-bond donors (Lipinski definition) is 3. The number of hydrogen-bond acceptors (Lipinski definition) is 6. The summed E-state index contributed by atoms with van der Waals surface area (Å²) in [6, 6.07) is -1.49. The van der Waals surface area contributed by atoms with Crippen molar-refractivity contribution < 1.29 is 37.1 Å². The van der Waals surface area contributed by atoms with Crippen molar-refractivity contribution in [3.05, 3.63) is 0 Å². The number of nitrogens with one attached hydrogen (secondary N) is 3. The minimum atomic E-state index is -5.16. The molecular formula is C31H42F3N5O5. The Balaban J connectivity index is 1.24. The lowest BCUT2D eigenvalue weighted by Gasteiger charge is -2.59. The molecule has 0 aromatic heterocycles. The number of halogens is 3. The van der Waals surface area contributed by atoms with Crippen molar-refractivity contribution in [2.24, 2.45) is 40.4 Å². The van der Waals surface area contributed by atoms with Crippen LogP contribution in [0.5, 0.6) is 0 Å². The van der Waals surface area contributed by atoms with Gasteiger partial charge < -0.3 is 25.6 Å². The average Bonchev–Trinajstić information content (AvgIpc) is 3.23. The van der Waals surface area contributed by atoms with E-state index < -0.39 is 65.0 Å². The van der Waals surface area contributed by atoms with Gasteiger partial charge in [-0.3, -0.25) is 19.2 Å². The smallest absolute Gasteiger partial charge is 0.366 e. The van der Waals surface area contributed by atoms with Crippen molar-refractivity contribution in [2.45, 2.75) is 109 Å². The Morgan fingerprint density at radius 3 is 2.18 bits per heavy atom. The zero-order chi connectivity index (χ0) is 32.0. The van der Waals surface area contributed by atoms with Gasteiger partial charge in [0.25, 0.3) is 0 Å². The number of fused-ring (bicyclic) bond motifs is 1. The van der Waals surface area contributed by atoms with Gasteiger partial charge >= 0.3 is 12.1 Å². The van der Waals surface area contributed by atoms with E-state index >= 15 is 0 Å². The molecule has 7 rings (SSSR count). The second kappa shape index (κ2) is 10.3. The van der Waals surface area contributed by atoms with E-state index in [2.05, 4.69) is 16.0 Å². The molecule has 2 saturated heterocycles. The average molecular weight is 622 g/mol. The van der Waals surface area contributed by atoms with Gasteiger partial charge in [0, 0.05) is 18.4 Å². The highest BCUT2D eigenvalue weighted by Gasteiger charge is 2.70. The molecule has 13 heteroatoms. The van der Waals surface area contributed by atoms with Crippen molar-refractivity contribution >= 4 is 23.6 Å². The third-order valence-electron chi connectivity index (χ3n) is 11.6. The maximum atomic E-state index is 14.4. The van der Waals surface area contributed by atoms with E-state index in [1.807, 2.05) is 19.9 Å². The SMILES string of the molecule is CC1(C)CO[C@@H](C[C@@H](C#N)NC(=O)[C@@H]2[C@@H]3[C@H](CN2C(=O)C(NC(=O)C(F)(F)F)C24CC5CC(CC(C5)C2)C4)C3(C)C)C(=O)N1. The van der Waals surface area contributed by atoms with Gasteiger partial charge in [0.2, 0.25) is 17.7 Å². The Hall–Kier alpha value is -2.88. The predicted molar refractivity (Wildman–Crippen MR) is 149 cm³/mol. The van der Waals surface area contributed by atoms with Crippen LogP contribution in [0.25, 0.3) is 0 Å². The molecule has 1 unspecified atom stereocenters. The molecular weight excluding hydrogens is 579 g/mol. The van der Waals surface area contributed by atoms with E-state index in [4.69, 9.17) is 4.74 Å². The second-order valence-corrected chi connectivity index (χ2v) is 15.7. The largest absolute Gasteiger partial charge is 0.471 e. The van der Waals surface area contributed by atoms with Gasteiger partial charge in [-0.25, -0.2) is 0 Å². The van der Waals surface area contributed by atoms with Crippen LogP contribution in [-0.4, -0.2) is 77.6 Å². The Labute approximate surface area is 255 Å². The maximum Gasteiger partial charge on any atom is 0.471 e. The van der Waals surface area contributed by atoms with Crippen molar-refractivity contribution in [2.75, 3.05) is 13.2 Å². The second-order valence-electron chi connectivity index (χ2n) is 15.7. The summed E-state index contributed by atoms with van der Waals surface area (Å²) in [6.07, 6.45) is -1.48. The van der Waals surface area contributed by atoms with Crippen LogP contribution in [0, 0.1) is 51.8 Å². The third kappa shape index (κ3) is 5.35. The number of rotatable bonds is 7. The number of morpholine rings is 1. The number of nitriles is 1. The first-order valence-electron chi connectivity index (χ1n) is 15.8. The number of carbonyl (C=O) groups is 4. The predicted octanol–water partition coefficient (Wildman–Crippen LogP) is 2.42. The van der Waals surface area contributed by atoms with E-state index in [1.165, 1.54) is 4.90 Å². The Morgan fingerprint density at radius 2 is 1.66 bits per heavy atom. The van der Waals surface area contributed by atoms with Crippen LogP contribution in [0.15, 0.2) is 0 Å². The number of nitrogens with zero attached hydrogens (tertiary/aromatic N) is 2. The molecule has 2 aliphatic heterocycles. The monoisotopic (exact) mass is 621 g/mol. The Morgan fingerprint density at radius 1 is 1.07 bits per heavy atom. The summed E-state index contributed by atoms with van der Waals surface area (Å²) < 4.78 is 46.4. The molecule has 0 aromatic carbocycles. The highest BCUT2D eigenvalue weighted by molar-refractivity contribution is 5.95. The molecule has 44 heavy (non-hydrogen) atoms. The van der Waals surface area contributed by atoms with Gasteiger partial charge in [-0.1, -0.05) is 13.8 Å². The van der Waals surface area contributed by atoms with Gasteiger partial charge in [0.15, 0.2) is 0 Å². The third-order valence-corrected chi connectivity index (χ3v) is 11.6. The van der Waals surface area contributed by atoms with Crippen LogP contribution >= 0.6 is 0 Å². The van der Waals surface area contributed by atoms with Crippen LogP contribution in [0.3, 0.4) is 0 Å². The topological polar surface area (TPSA) is 141 Å². The first kappa shape index (κ1) is 31.1. The quantitative estimate of drug-likeness (QED) is 0.399. The lowest BCUT2D eigenvalue weighted by Crippen LogP contribution is -2.65. The zero-order valence-corrected chi connectivity index (χ0v) is 25.6. The summed E-state index contributed by atoms with van der Waals surface area (Å²) in [4.78, 5) is 54.6. The van der Waals surface area contributed by atoms with Crippen LogP contribution in [0.2, 0.25) is 0 Å². The van der Waals surface area contributed by atoms with E-state index in [0.29, 0.717) is 37.0 Å². The molecule has 0 radical (unpaired) electrons. The van der Waals surface area contributed by atoms with Gasteiger partial charge in [-0.15, -0.1) is 0 Å². The first-order chi connectivity index (χ1) is 20.4. The maximum absolute atomic E-state index is 14.4. The van der Waals surface area contributed by atoms with Crippen LogP contribution in [0.4, 0.5) is 13.2 Å². The molecule has 7 aliphatic rings. The molecule has 10 nitrogen and oxygen atoms in total. The van der Waals surface area contributed by atoms with E-state index in [1.54, 1.807) is 13.8 Å². The molecule has 2 heterocycles. The summed E-state index contributed by atoms with van der Waals surface area (Å²) in [5.74, 6) is -3.15. The molecule has 5 saturated carbocycles. The first-order valence-corrected chi connectivity index (χ1v) is 15.8. The fraction of sp³-hybridized carbons (Fsp3) is 0.839. The number of amides is 4. The molecule has 4 amide bonds. The molecule has 0 aromatic rings. The minimum absolute atomic E-state index is 0.0484. The molecule has 0 spiro atoms. The Bertz CT molecular complexity index is 1260. The zero-order valence-electron chi connectivity index (χ0n) is 25.6. The summed E-state index contributed by atoms with van der Waals surface area (Å²) in [6.45, 7) is 7.98. The molecule has 5 aliphatic carbocycles. The van der Waals surface area contributed by atoms with Crippen molar-refractivity contribution in [3.63, 3.8) is 0 Å². The van der Waals surface area contributed by atoms with Crippen LogP contribution in [0.1, 0.15) is 72.6 Å². The van der Waals surface area contributed by atoms with Gasteiger partial charge in [-0.05, 0) is 87.4 Å². The number of likely N-dealkylation sites (tertiary alicyclic amines) is 1. The van der Waals surface area contributed by atoms with Crippen molar-refractivity contribution in [3.8, 4) is 6.07 Å². The highest BCUT2D eigenvalue weighted by atomic mass is 19.4. The fourth-order valence-electron chi connectivity index (χ4n) is 9.82. The summed E-state index contributed by atoms with van der Waals surface area (Å²) in [5.41, 5.74) is -1.64. The lowest BCUT2D eigenvalue weighted by atomic mass is 9.47. The number of piperidine rings is 1. The molecule has 6 atom stereocenters. The fourth-order valence-corrected chi connectivity index (χ4v) is 9.82. The van der Waals surface area contributed by atoms with E-state index in [-0.39, 0.29) is 36.8 Å². The Kier molecular flexibility index (Phi) is 7.30. The normalized spacial score (nSPS) is 39.0. The van der Waals surface area contributed by atoms with E-state index in [9.17, 15) is 37.6 Å². The summed E-state index contributed by atoms with van der Waals surface area (Å²) in [5, 5.41) is 17.5. The number of alkyl halides is 3. The molecule has 7 fully saturated rings. The van der Waals surface area contributed by atoms with Crippen LogP contribution < -0.4 is 16.0 Å². The summed E-state index contributed by atoms with van der Waals surface area (Å²) >= 11 is 0. The minimum Gasteiger partial charge on any atom is -0.366 e. The molecule has 3 N–H and O–H groups in total. The molecule has 4 bridgehead atoms. The highest BCUT2D eigenvalue weighted by Crippen LogP contribution is 2.66. The van der Waals surface area contributed by atoms with Gasteiger partial charge in [-0.2, -0.15) is 18.4 Å². The van der Waals surface area contributed by atoms with Gasteiger partial charge in [0.05, 0.1) is 18.2 Å². The number of ether oxygens (including phenoxy) is 1. The summed E-state index contributed by atoms with van der Waals surface area (Å²) in [7, 11) is 0. The number of carbonyl (C=O) groups excluding carboxylic acids is 4. The van der Waals surface area contributed by atoms with E-state index in [0.717, 1.165) is 19.3 Å². The van der Waals surface area contributed by atoms with Gasteiger partial charge in [0.1, 0.15) is 24.2 Å². The standard InChI is InChI=1S/C31H42F3N5O5/c1-28(2)14-44-20(24(40)38-28)8-18(12-35)36-25(41)22-21-19(29(21,3)4)13-39(22)26(42)23(37-27(43)31(32,33)34)30-9-15-5-16(10-30)7-17(6-15)11-30/h15-23H,5-11,13-14H2,1-4H3,(H,36,41)(H,37,43)(H,38,40)/t15?,16?,17?,18-,19-,20-,21-,22-,23?,30?/m0/s1. The van der Waals surface area contributed by atoms with Crippen molar-refractivity contribution in [1.29, 1.82) is 5.26 Å². The van der Waals surface area contributed by atoms with Crippen molar-refractivity contribution in [1.82, 2.24) is 20.9 Å².